The van der Waals surface area contributed by atoms with Crippen LogP contribution in [0.2, 0.25) is 0 Å². The van der Waals surface area contributed by atoms with Crippen LogP contribution in [0, 0.1) is 19.3 Å². The molecular weight excluding hydrogens is 268 g/mol. The van der Waals surface area contributed by atoms with Crippen LogP contribution in [0.1, 0.15) is 53.9 Å². The Morgan fingerprint density at radius 3 is 2.81 bits per heavy atom. The van der Waals surface area contributed by atoms with E-state index in [1.165, 1.54) is 6.42 Å². The van der Waals surface area contributed by atoms with Gasteiger partial charge >= 0.3 is 0 Å². The van der Waals surface area contributed by atoms with Gasteiger partial charge in [-0.2, -0.15) is 0 Å². The van der Waals surface area contributed by atoms with Gasteiger partial charge < -0.3 is 14.2 Å². The second kappa shape index (κ2) is 5.44. The summed E-state index contributed by atoms with van der Waals surface area (Å²) in [5.41, 5.74) is 1.48. The number of amides is 1. The van der Waals surface area contributed by atoms with Gasteiger partial charge in [-0.1, -0.05) is 11.6 Å². The predicted octanol–water partition coefficient (Wildman–Crippen LogP) is 2.71. The molecule has 21 heavy (non-hydrogen) atoms. The molecule has 0 bridgehead atoms. The average Bonchev–Trinajstić information content (AvgIpc) is 3.02. The van der Waals surface area contributed by atoms with Gasteiger partial charge in [0, 0.05) is 25.6 Å². The van der Waals surface area contributed by atoms with E-state index in [9.17, 15) is 4.79 Å². The highest BCUT2D eigenvalue weighted by molar-refractivity contribution is 5.96. The monoisotopic (exact) mass is 292 g/mol. The summed E-state index contributed by atoms with van der Waals surface area (Å²) in [5.74, 6) is 0.680. The summed E-state index contributed by atoms with van der Waals surface area (Å²) in [6.45, 7) is 5.26. The van der Waals surface area contributed by atoms with Crippen molar-refractivity contribution < 1.29 is 14.1 Å². The van der Waals surface area contributed by atoms with Gasteiger partial charge in [0.15, 0.2) is 0 Å². The Labute approximate surface area is 125 Å². The van der Waals surface area contributed by atoms with Crippen molar-refractivity contribution in [3.05, 3.63) is 17.0 Å². The summed E-state index contributed by atoms with van der Waals surface area (Å²) in [6.07, 6.45) is 5.98. The van der Waals surface area contributed by atoms with Gasteiger partial charge in [-0.3, -0.25) is 4.79 Å². The summed E-state index contributed by atoms with van der Waals surface area (Å²) in [5, 5.41) is 3.91. The van der Waals surface area contributed by atoms with Crippen LogP contribution in [0.15, 0.2) is 4.52 Å². The zero-order valence-electron chi connectivity index (χ0n) is 13.1. The smallest absolute Gasteiger partial charge is 0.259 e. The fourth-order valence-corrected chi connectivity index (χ4v) is 4.22. The maximum absolute atomic E-state index is 12.8. The van der Waals surface area contributed by atoms with Crippen molar-refractivity contribution in [1.29, 1.82) is 0 Å². The third kappa shape index (κ3) is 2.37. The number of ether oxygens (including phenoxy) is 1. The van der Waals surface area contributed by atoms with Gasteiger partial charge in [-0.05, 0) is 39.5 Å². The minimum Gasteiger partial charge on any atom is -0.381 e. The number of piperidine rings is 1. The van der Waals surface area contributed by atoms with Crippen LogP contribution < -0.4 is 0 Å². The lowest BCUT2D eigenvalue weighted by molar-refractivity contribution is -0.0295. The van der Waals surface area contributed by atoms with E-state index >= 15 is 0 Å². The Bertz CT molecular complexity index is 520. The number of aryl methyl sites for hydroxylation is 2. The molecule has 2 heterocycles. The summed E-state index contributed by atoms with van der Waals surface area (Å²) in [4.78, 5) is 14.8. The van der Waals surface area contributed by atoms with E-state index in [1.54, 1.807) is 14.0 Å². The Balaban J connectivity index is 1.82. The Hall–Kier alpha value is -1.36. The van der Waals surface area contributed by atoms with Gasteiger partial charge in [0.2, 0.25) is 0 Å². The van der Waals surface area contributed by atoms with Gasteiger partial charge in [-0.15, -0.1) is 0 Å². The molecule has 1 aromatic rings. The third-order valence-corrected chi connectivity index (χ3v) is 5.25. The van der Waals surface area contributed by atoms with E-state index in [-0.39, 0.29) is 17.4 Å². The van der Waals surface area contributed by atoms with Crippen LogP contribution in [0.5, 0.6) is 0 Å². The minimum absolute atomic E-state index is 0.0621. The molecule has 0 unspecified atom stereocenters. The number of nitrogens with zero attached hydrogens (tertiary/aromatic N) is 2. The van der Waals surface area contributed by atoms with E-state index in [4.69, 9.17) is 9.26 Å². The Morgan fingerprint density at radius 2 is 2.14 bits per heavy atom. The first-order valence-electron chi connectivity index (χ1n) is 7.82. The number of methoxy groups -OCH3 is 1. The second-order valence-corrected chi connectivity index (χ2v) is 6.51. The molecule has 1 saturated heterocycles. The molecule has 1 aliphatic heterocycles. The van der Waals surface area contributed by atoms with Gasteiger partial charge in [0.1, 0.15) is 11.3 Å². The van der Waals surface area contributed by atoms with Crippen LogP contribution in [-0.2, 0) is 4.74 Å². The standard InChI is InChI=1S/C16H24N2O3/c1-11-14(12(2)21-17-11)15(19)18-9-5-8-16(10-18)7-4-6-13(16)20-3/h13H,4-10H2,1-3H3/t13-,16-/m1/s1. The average molecular weight is 292 g/mol. The van der Waals surface area contributed by atoms with Crippen LogP contribution in [-0.4, -0.2) is 42.3 Å². The largest absolute Gasteiger partial charge is 0.381 e. The fraction of sp³-hybridized carbons (Fsp3) is 0.750. The summed E-state index contributed by atoms with van der Waals surface area (Å²) >= 11 is 0. The van der Waals surface area contributed by atoms with Crippen molar-refractivity contribution >= 4 is 5.91 Å². The third-order valence-electron chi connectivity index (χ3n) is 5.25. The van der Waals surface area contributed by atoms with Gasteiger partial charge in [-0.25, -0.2) is 0 Å². The zero-order valence-corrected chi connectivity index (χ0v) is 13.1. The van der Waals surface area contributed by atoms with Crippen molar-refractivity contribution in [2.24, 2.45) is 5.41 Å². The normalized spacial score (nSPS) is 29.3. The SMILES string of the molecule is CO[C@@H]1CCC[C@]12CCCN(C(=O)c1c(C)noc1C)C2. The van der Waals surface area contributed by atoms with Crippen molar-refractivity contribution in [2.75, 3.05) is 20.2 Å². The van der Waals surface area contributed by atoms with Crippen molar-refractivity contribution in [3.63, 3.8) is 0 Å². The number of carbonyl (C=O) groups excluding carboxylic acids is 1. The van der Waals surface area contributed by atoms with E-state index in [0.717, 1.165) is 38.8 Å². The molecule has 0 aromatic carbocycles. The molecule has 1 aliphatic carbocycles. The molecule has 5 heteroatoms. The molecule has 5 nitrogen and oxygen atoms in total. The van der Waals surface area contributed by atoms with Crippen LogP contribution in [0.25, 0.3) is 0 Å². The van der Waals surface area contributed by atoms with E-state index in [1.807, 2.05) is 11.8 Å². The molecule has 0 N–H and O–H groups in total. The van der Waals surface area contributed by atoms with E-state index < -0.39 is 0 Å². The molecule has 1 spiro atoms. The minimum atomic E-state index is 0.0621. The highest BCUT2D eigenvalue weighted by Gasteiger charge is 2.47. The van der Waals surface area contributed by atoms with E-state index in [0.29, 0.717) is 17.0 Å². The number of carbonyl (C=O) groups is 1. The Morgan fingerprint density at radius 1 is 1.38 bits per heavy atom. The predicted molar refractivity (Wildman–Crippen MR) is 78.2 cm³/mol. The molecule has 2 aliphatic rings. The quantitative estimate of drug-likeness (QED) is 0.841. The lowest BCUT2D eigenvalue weighted by Gasteiger charge is -2.43. The lowest BCUT2D eigenvalue weighted by Crippen LogP contribution is -2.50. The zero-order chi connectivity index (χ0) is 15.0. The molecule has 1 amide bonds. The highest BCUT2D eigenvalue weighted by Crippen LogP contribution is 2.46. The van der Waals surface area contributed by atoms with Crippen molar-refractivity contribution in [2.45, 2.75) is 52.1 Å². The fourth-order valence-electron chi connectivity index (χ4n) is 4.22. The van der Waals surface area contributed by atoms with Gasteiger partial charge in [0.05, 0.1) is 11.8 Å². The highest BCUT2D eigenvalue weighted by atomic mass is 16.5. The van der Waals surface area contributed by atoms with E-state index in [2.05, 4.69) is 5.16 Å². The van der Waals surface area contributed by atoms with Crippen LogP contribution in [0.3, 0.4) is 0 Å². The first-order valence-corrected chi connectivity index (χ1v) is 7.82. The Kier molecular flexibility index (Phi) is 3.78. The molecule has 2 fully saturated rings. The summed E-state index contributed by atoms with van der Waals surface area (Å²) < 4.78 is 10.8. The number of rotatable bonds is 2. The van der Waals surface area contributed by atoms with Gasteiger partial charge in [0.25, 0.3) is 5.91 Å². The van der Waals surface area contributed by atoms with Crippen LogP contribution in [0.4, 0.5) is 0 Å². The second-order valence-electron chi connectivity index (χ2n) is 6.51. The number of aromatic nitrogens is 1. The first-order chi connectivity index (χ1) is 10.1. The topological polar surface area (TPSA) is 55.6 Å². The number of likely N-dealkylation sites (tertiary alicyclic amines) is 1. The molecule has 1 aromatic heterocycles. The molecule has 0 radical (unpaired) electrons. The summed E-state index contributed by atoms with van der Waals surface area (Å²) in [6, 6.07) is 0. The van der Waals surface area contributed by atoms with Crippen molar-refractivity contribution in [3.8, 4) is 0 Å². The van der Waals surface area contributed by atoms with Crippen LogP contribution >= 0.6 is 0 Å². The molecule has 116 valence electrons. The summed E-state index contributed by atoms with van der Waals surface area (Å²) in [7, 11) is 1.80. The molecule has 1 saturated carbocycles. The molecular formula is C16H24N2O3. The molecule has 3 rings (SSSR count). The number of hydrogen-bond acceptors (Lipinski definition) is 4. The molecule has 2 atom stereocenters. The van der Waals surface area contributed by atoms with Crippen molar-refractivity contribution in [1.82, 2.24) is 10.1 Å². The first kappa shape index (κ1) is 14.6. The lowest BCUT2D eigenvalue weighted by atomic mass is 9.76. The number of hydrogen-bond donors (Lipinski definition) is 0. The maximum Gasteiger partial charge on any atom is 0.259 e. The maximum atomic E-state index is 12.8.